The van der Waals surface area contributed by atoms with Crippen molar-refractivity contribution in [3.63, 3.8) is 0 Å². The molecule has 0 aromatic carbocycles. The predicted molar refractivity (Wildman–Crippen MR) is 19.3 cm³/mol. The molecule has 4 heavy (non-hydrogen) atoms. The van der Waals surface area contributed by atoms with E-state index in [1.807, 2.05) is 0 Å². The van der Waals surface area contributed by atoms with Crippen LogP contribution in [0.1, 0.15) is 0 Å². The first-order valence-electron chi connectivity index (χ1n) is 1.48. The molecule has 0 aliphatic carbocycles. The summed E-state index contributed by atoms with van der Waals surface area (Å²) in [6, 6.07) is 1.42. The second-order valence-electron chi connectivity index (χ2n) is 0.877. The highest BCUT2D eigenvalue weighted by molar-refractivity contribution is 6.24. The summed E-state index contributed by atoms with van der Waals surface area (Å²) >= 11 is 0. The van der Waals surface area contributed by atoms with Gasteiger partial charge in [0.05, 0.1) is 0 Å². The molecule has 0 saturated heterocycles. The van der Waals surface area contributed by atoms with E-state index in [-0.39, 0.29) is 0 Å². The topological polar surface area (TPSA) is 12.4 Å². The largest absolute Gasteiger partial charge is 0.340 e. The zero-order chi connectivity index (χ0) is 2.83. The highest BCUT2D eigenvalue weighted by Crippen LogP contribution is 1.84. The molecule has 1 aliphatic heterocycles. The zero-order valence-corrected chi connectivity index (χ0v) is 3.59. The lowest BCUT2D eigenvalue weighted by Gasteiger charge is -1.92. The highest BCUT2D eigenvalue weighted by Gasteiger charge is 1.83. The van der Waals surface area contributed by atoms with Crippen molar-refractivity contribution in [1.29, 1.82) is 0 Å². The van der Waals surface area contributed by atoms with Gasteiger partial charge in [0.25, 0.3) is 0 Å². The third kappa shape index (κ3) is 0.129. The molecule has 2 heteroatoms. The summed E-state index contributed by atoms with van der Waals surface area (Å²) in [5.74, 6) is 0. The van der Waals surface area contributed by atoms with Crippen LogP contribution in [-0.4, -0.2) is 15.9 Å². The first-order chi connectivity index (χ1) is 2.00. The molecule has 1 aliphatic rings. The van der Waals surface area contributed by atoms with Crippen LogP contribution in [0.25, 0.3) is 0 Å². The Hall–Kier alpha value is 0.0169. The van der Waals surface area contributed by atoms with E-state index in [9.17, 15) is 0 Å². The van der Waals surface area contributed by atoms with Crippen molar-refractivity contribution >= 4 is 9.31 Å². The summed E-state index contributed by atoms with van der Waals surface area (Å²) in [6.45, 7) is 1.16. The van der Waals surface area contributed by atoms with Gasteiger partial charge in [-0.05, 0) is 6.04 Å². The molecule has 0 saturated carbocycles. The van der Waals surface area contributed by atoms with Crippen LogP contribution < -0.4 is 0 Å². The standard InChI is InChI=1S/C2H5NSi/c1-2-4-3-1/h4H,1-2H2. The fourth-order valence-corrected chi connectivity index (χ4v) is 0.387. The third-order valence-electron chi connectivity index (χ3n) is 0.516. The second kappa shape index (κ2) is 0.761. The Morgan fingerprint density at radius 2 is 2.00 bits per heavy atom. The molecule has 0 fully saturated rings. The van der Waals surface area contributed by atoms with E-state index in [0.717, 1.165) is 6.54 Å². The van der Waals surface area contributed by atoms with E-state index in [0.29, 0.717) is 9.31 Å². The Morgan fingerprint density at radius 1 is 1.75 bits per heavy atom. The van der Waals surface area contributed by atoms with Gasteiger partial charge in [0.2, 0.25) is 0 Å². The van der Waals surface area contributed by atoms with Gasteiger partial charge in [-0.25, -0.2) is 0 Å². The minimum absolute atomic E-state index is 0.588. The number of hydrogen-bond acceptors (Lipinski definition) is 1. The Balaban J connectivity index is 2.47. The Labute approximate surface area is 27.6 Å². The highest BCUT2D eigenvalue weighted by atomic mass is 28.2. The number of hydrogen-bond donors (Lipinski definition) is 0. The van der Waals surface area contributed by atoms with Crippen molar-refractivity contribution < 1.29 is 0 Å². The quantitative estimate of drug-likeness (QED) is 0.357. The van der Waals surface area contributed by atoms with Gasteiger partial charge in [-0.15, -0.1) is 0 Å². The summed E-state index contributed by atoms with van der Waals surface area (Å²) in [5, 5.41) is 0. The first-order valence-corrected chi connectivity index (χ1v) is 2.82. The summed E-state index contributed by atoms with van der Waals surface area (Å²) in [4.78, 5) is 0. The molecular formula is C2H5NSi. The van der Waals surface area contributed by atoms with Gasteiger partial charge < -0.3 is 4.63 Å². The molecule has 0 N–H and O–H groups in total. The van der Waals surface area contributed by atoms with Crippen LogP contribution >= 0.6 is 0 Å². The van der Waals surface area contributed by atoms with E-state index >= 15 is 0 Å². The molecule has 1 rings (SSSR count). The van der Waals surface area contributed by atoms with E-state index in [4.69, 9.17) is 0 Å². The molecule has 22 valence electrons. The summed E-state index contributed by atoms with van der Waals surface area (Å²) < 4.78 is 4.00. The molecule has 0 unspecified atom stereocenters. The average Bonchev–Trinajstić information content (AvgIpc) is 0.722. The van der Waals surface area contributed by atoms with Crippen LogP contribution in [0.15, 0.2) is 4.63 Å². The van der Waals surface area contributed by atoms with Crippen LogP contribution in [-0.2, 0) is 0 Å². The minimum Gasteiger partial charge on any atom is -0.340 e. The van der Waals surface area contributed by atoms with Crippen molar-refractivity contribution in [2.45, 2.75) is 6.04 Å². The monoisotopic (exact) mass is 71.0 g/mol. The smallest absolute Gasteiger partial charge is 0.107 e. The Morgan fingerprint density at radius 3 is 2.00 bits per heavy atom. The third-order valence-corrected chi connectivity index (χ3v) is 1.55. The predicted octanol–water partition coefficient (Wildman–Crippen LogP) is 0.0384. The van der Waals surface area contributed by atoms with Crippen molar-refractivity contribution in [1.82, 2.24) is 0 Å². The van der Waals surface area contributed by atoms with Crippen LogP contribution in [0.5, 0.6) is 0 Å². The zero-order valence-electron chi connectivity index (χ0n) is 2.44. The maximum atomic E-state index is 4.00. The summed E-state index contributed by atoms with van der Waals surface area (Å²) in [7, 11) is 0.588. The van der Waals surface area contributed by atoms with E-state index in [2.05, 4.69) is 4.63 Å². The second-order valence-corrected chi connectivity index (χ2v) is 2.19. The SMILES string of the molecule is C1C[SiH]=N1. The van der Waals surface area contributed by atoms with Crippen molar-refractivity contribution in [3.05, 3.63) is 0 Å². The van der Waals surface area contributed by atoms with Gasteiger partial charge in [0.1, 0.15) is 9.31 Å². The first kappa shape index (κ1) is 2.27. The van der Waals surface area contributed by atoms with Gasteiger partial charge in [-0.3, -0.25) is 0 Å². The molecule has 0 spiro atoms. The normalized spacial score (nSPS) is 20.0. The number of rotatable bonds is 0. The van der Waals surface area contributed by atoms with Gasteiger partial charge in [-0.1, -0.05) is 0 Å². The van der Waals surface area contributed by atoms with Crippen molar-refractivity contribution in [2.75, 3.05) is 6.54 Å². The van der Waals surface area contributed by atoms with E-state index in [1.54, 1.807) is 0 Å². The van der Waals surface area contributed by atoms with Gasteiger partial charge in [0.15, 0.2) is 0 Å². The molecular weight excluding hydrogens is 66.1 g/mol. The van der Waals surface area contributed by atoms with Crippen LogP contribution in [0, 0.1) is 0 Å². The van der Waals surface area contributed by atoms with Gasteiger partial charge in [0, 0.05) is 6.54 Å². The molecule has 0 radical (unpaired) electrons. The van der Waals surface area contributed by atoms with Crippen LogP contribution in [0.4, 0.5) is 0 Å². The number of nitrogens with zero attached hydrogens (tertiary/aromatic N) is 1. The molecule has 1 nitrogen and oxygen atoms in total. The van der Waals surface area contributed by atoms with E-state index in [1.165, 1.54) is 6.04 Å². The average molecular weight is 71.2 g/mol. The Kier molecular flexibility index (Phi) is 0.431. The van der Waals surface area contributed by atoms with Crippen LogP contribution in [0.3, 0.4) is 0 Å². The van der Waals surface area contributed by atoms with Crippen LogP contribution in [0.2, 0.25) is 6.04 Å². The lowest BCUT2D eigenvalue weighted by molar-refractivity contribution is 1.06. The van der Waals surface area contributed by atoms with Crippen molar-refractivity contribution in [2.24, 2.45) is 4.63 Å². The fourth-order valence-electron chi connectivity index (χ4n) is 0.129. The maximum absolute atomic E-state index is 4.00. The maximum Gasteiger partial charge on any atom is 0.107 e. The molecule has 0 atom stereocenters. The molecule has 0 bridgehead atoms. The van der Waals surface area contributed by atoms with Gasteiger partial charge in [-0.2, -0.15) is 0 Å². The molecule has 0 amide bonds. The Bertz CT molecular complexity index is 35.3. The minimum atomic E-state index is 0.588. The fraction of sp³-hybridized carbons (Fsp3) is 1.00. The molecule has 1 heterocycles. The van der Waals surface area contributed by atoms with E-state index < -0.39 is 0 Å². The summed E-state index contributed by atoms with van der Waals surface area (Å²) in [6.07, 6.45) is 0. The van der Waals surface area contributed by atoms with Crippen molar-refractivity contribution in [3.8, 4) is 0 Å². The van der Waals surface area contributed by atoms with Gasteiger partial charge >= 0.3 is 0 Å². The summed E-state index contributed by atoms with van der Waals surface area (Å²) in [5.41, 5.74) is 0. The lowest BCUT2D eigenvalue weighted by Crippen LogP contribution is -1.92. The molecule has 0 aromatic heterocycles. The molecule has 0 aromatic rings. The lowest BCUT2D eigenvalue weighted by atomic mass is 10.8.